The minimum Gasteiger partial charge on any atom is -0.478 e. The van der Waals surface area contributed by atoms with Crippen molar-refractivity contribution in [3.8, 4) is 22.4 Å². The molecule has 0 aliphatic heterocycles. The van der Waals surface area contributed by atoms with Gasteiger partial charge in [0.15, 0.2) is 5.13 Å². The number of nitrogens with one attached hydrogen (secondary N) is 1. The van der Waals surface area contributed by atoms with Crippen LogP contribution in [0.25, 0.3) is 33.2 Å². The quantitative estimate of drug-likeness (QED) is 0.212. The molecule has 5 rings (SSSR count). The molecule has 5 nitrogen and oxygen atoms in total. The molecule has 0 saturated carbocycles. The first kappa shape index (κ1) is 25.2. The highest BCUT2D eigenvalue weighted by Crippen LogP contribution is 2.37. The van der Waals surface area contributed by atoms with Gasteiger partial charge in [0.05, 0.1) is 15.7 Å². The van der Waals surface area contributed by atoms with Gasteiger partial charge in [-0.3, -0.25) is 0 Å². The zero-order chi connectivity index (χ0) is 26.1. The van der Waals surface area contributed by atoms with E-state index < -0.39 is 5.97 Å². The highest BCUT2D eigenvalue weighted by molar-refractivity contribution is 7.16. The van der Waals surface area contributed by atoms with Crippen LogP contribution < -0.4 is 5.32 Å². The Morgan fingerprint density at radius 2 is 1.70 bits per heavy atom. The van der Waals surface area contributed by atoms with E-state index >= 15 is 0 Å². The predicted molar refractivity (Wildman–Crippen MR) is 154 cm³/mol. The normalized spacial score (nSPS) is 11.3. The molecular weight excluding hydrogens is 525 g/mol. The zero-order valence-corrected chi connectivity index (χ0v) is 22.5. The third-order valence-electron chi connectivity index (χ3n) is 5.91. The summed E-state index contributed by atoms with van der Waals surface area (Å²) < 4.78 is 0. The van der Waals surface area contributed by atoms with Crippen LogP contribution in [-0.4, -0.2) is 21.0 Å². The number of anilines is 2. The van der Waals surface area contributed by atoms with Gasteiger partial charge in [-0.25, -0.2) is 14.8 Å². The number of pyridine rings is 1. The summed E-state index contributed by atoms with van der Waals surface area (Å²) in [4.78, 5) is 22.5. The maximum Gasteiger partial charge on any atom is 0.339 e. The topological polar surface area (TPSA) is 75.1 Å². The Morgan fingerprint density at radius 3 is 2.43 bits per heavy atom. The molecule has 0 spiro atoms. The predicted octanol–water partition coefficient (Wildman–Crippen LogP) is 8.97. The molecule has 2 heterocycles. The maximum absolute atomic E-state index is 12.2. The van der Waals surface area contributed by atoms with E-state index in [1.165, 1.54) is 11.3 Å². The second-order valence-corrected chi connectivity index (χ2v) is 11.0. The van der Waals surface area contributed by atoms with Gasteiger partial charge in [-0.2, -0.15) is 0 Å². The monoisotopic (exact) mass is 547 g/mol. The standard InChI is InChI=1S/C29H23Cl2N3O2S/c1-16(2)11-25-26(20-9-10-23(30)24(31)14-20)33-29(37-25)34-27-22(28(35)36)13-21(15-32-27)19-8-7-17-5-3-4-6-18(17)12-19/h3-10,12-16H,11H2,1-2H3,(H,35,36)(H,32,33,34). The summed E-state index contributed by atoms with van der Waals surface area (Å²) in [5, 5.41) is 16.8. The van der Waals surface area contributed by atoms with Crippen LogP contribution in [-0.2, 0) is 6.42 Å². The number of benzene rings is 3. The number of hydrogen-bond acceptors (Lipinski definition) is 5. The molecule has 0 fully saturated rings. The second-order valence-electron chi connectivity index (χ2n) is 9.13. The molecule has 0 amide bonds. The van der Waals surface area contributed by atoms with Crippen molar-refractivity contribution in [2.75, 3.05) is 5.32 Å². The third kappa shape index (κ3) is 5.47. The molecule has 0 unspecified atom stereocenters. The summed E-state index contributed by atoms with van der Waals surface area (Å²) in [5.41, 5.74) is 3.35. The molecule has 186 valence electrons. The fourth-order valence-corrected chi connectivity index (χ4v) is 5.63. The van der Waals surface area contributed by atoms with E-state index in [1.54, 1.807) is 24.4 Å². The Bertz CT molecular complexity index is 1630. The van der Waals surface area contributed by atoms with Crippen LogP contribution in [0.4, 0.5) is 10.9 Å². The number of carboxylic acids is 1. The Hall–Kier alpha value is -3.45. The number of fused-ring (bicyclic) bond motifs is 1. The van der Waals surface area contributed by atoms with Crippen molar-refractivity contribution in [1.82, 2.24) is 9.97 Å². The lowest BCUT2D eigenvalue weighted by Crippen LogP contribution is -2.05. The van der Waals surface area contributed by atoms with Crippen LogP contribution in [0.5, 0.6) is 0 Å². The van der Waals surface area contributed by atoms with Crippen LogP contribution in [0.2, 0.25) is 10.0 Å². The van der Waals surface area contributed by atoms with Crippen LogP contribution in [0.15, 0.2) is 72.9 Å². The van der Waals surface area contributed by atoms with E-state index in [0.29, 0.717) is 21.1 Å². The van der Waals surface area contributed by atoms with E-state index in [0.717, 1.165) is 44.5 Å². The molecule has 3 aromatic carbocycles. The van der Waals surface area contributed by atoms with Crippen LogP contribution >= 0.6 is 34.5 Å². The molecule has 0 aliphatic carbocycles. The first-order valence-electron chi connectivity index (χ1n) is 11.7. The number of halogens is 2. The lowest BCUT2D eigenvalue weighted by Gasteiger charge is -2.09. The smallest absolute Gasteiger partial charge is 0.339 e. The van der Waals surface area contributed by atoms with Gasteiger partial charge in [-0.1, -0.05) is 79.5 Å². The third-order valence-corrected chi connectivity index (χ3v) is 7.64. The van der Waals surface area contributed by atoms with Crippen molar-refractivity contribution < 1.29 is 9.90 Å². The summed E-state index contributed by atoms with van der Waals surface area (Å²) in [5.74, 6) is -0.423. The van der Waals surface area contributed by atoms with Gasteiger partial charge in [0, 0.05) is 22.2 Å². The number of thiazole rings is 1. The van der Waals surface area contributed by atoms with E-state index in [-0.39, 0.29) is 11.4 Å². The van der Waals surface area contributed by atoms with E-state index in [9.17, 15) is 9.90 Å². The van der Waals surface area contributed by atoms with Gasteiger partial charge < -0.3 is 10.4 Å². The largest absolute Gasteiger partial charge is 0.478 e. The molecule has 0 radical (unpaired) electrons. The van der Waals surface area contributed by atoms with Gasteiger partial charge in [0.1, 0.15) is 11.4 Å². The number of hydrogen-bond donors (Lipinski definition) is 2. The van der Waals surface area contributed by atoms with E-state index in [4.69, 9.17) is 28.2 Å². The highest BCUT2D eigenvalue weighted by Gasteiger charge is 2.19. The average Bonchev–Trinajstić information content (AvgIpc) is 3.26. The Morgan fingerprint density at radius 1 is 0.946 bits per heavy atom. The van der Waals surface area contributed by atoms with Crippen molar-refractivity contribution in [3.05, 3.63) is 93.4 Å². The molecule has 37 heavy (non-hydrogen) atoms. The van der Waals surface area contributed by atoms with E-state index in [2.05, 4.69) is 24.1 Å². The minimum atomic E-state index is -1.07. The average molecular weight is 548 g/mol. The second kappa shape index (κ2) is 10.5. The van der Waals surface area contributed by atoms with Crippen molar-refractivity contribution >= 4 is 62.2 Å². The summed E-state index contributed by atoms with van der Waals surface area (Å²) in [6, 6.07) is 21.1. The summed E-state index contributed by atoms with van der Waals surface area (Å²) >= 11 is 13.9. The Labute approximate surface area is 228 Å². The number of aromatic carboxylic acids is 1. The molecule has 0 aliphatic rings. The molecule has 8 heteroatoms. The summed E-state index contributed by atoms with van der Waals surface area (Å²) in [6.07, 6.45) is 2.50. The SMILES string of the molecule is CC(C)Cc1sc(Nc2ncc(-c3ccc4ccccc4c3)cc2C(=O)O)nc1-c1ccc(Cl)c(Cl)c1. The number of rotatable bonds is 7. The summed E-state index contributed by atoms with van der Waals surface area (Å²) in [7, 11) is 0. The molecule has 0 saturated heterocycles. The van der Waals surface area contributed by atoms with Gasteiger partial charge in [-0.05, 0) is 52.9 Å². The molecule has 5 aromatic rings. The van der Waals surface area contributed by atoms with E-state index in [1.807, 2.05) is 48.5 Å². The van der Waals surface area contributed by atoms with Gasteiger partial charge in [0.25, 0.3) is 0 Å². The minimum absolute atomic E-state index is 0.0716. The molecular formula is C29H23Cl2N3O2S. The molecule has 2 aromatic heterocycles. The van der Waals surface area contributed by atoms with Gasteiger partial charge in [0.2, 0.25) is 0 Å². The molecule has 2 N–H and O–H groups in total. The lowest BCUT2D eigenvalue weighted by atomic mass is 10.0. The highest BCUT2D eigenvalue weighted by atomic mass is 35.5. The Kier molecular flexibility index (Phi) is 7.15. The number of aromatic nitrogens is 2. The first-order chi connectivity index (χ1) is 17.8. The van der Waals surface area contributed by atoms with Crippen molar-refractivity contribution in [1.29, 1.82) is 0 Å². The lowest BCUT2D eigenvalue weighted by molar-refractivity contribution is 0.0697. The van der Waals surface area contributed by atoms with Crippen LogP contribution in [0.1, 0.15) is 29.1 Å². The van der Waals surface area contributed by atoms with Crippen LogP contribution in [0.3, 0.4) is 0 Å². The fraction of sp³-hybridized carbons (Fsp3) is 0.138. The zero-order valence-electron chi connectivity index (χ0n) is 20.1. The first-order valence-corrected chi connectivity index (χ1v) is 13.3. The van der Waals surface area contributed by atoms with Gasteiger partial charge >= 0.3 is 5.97 Å². The van der Waals surface area contributed by atoms with Crippen molar-refractivity contribution in [2.45, 2.75) is 20.3 Å². The summed E-state index contributed by atoms with van der Waals surface area (Å²) in [6.45, 7) is 4.28. The Balaban J connectivity index is 1.51. The van der Waals surface area contributed by atoms with Crippen molar-refractivity contribution in [3.63, 3.8) is 0 Å². The molecule has 0 bridgehead atoms. The van der Waals surface area contributed by atoms with Crippen molar-refractivity contribution in [2.24, 2.45) is 5.92 Å². The maximum atomic E-state index is 12.2. The van der Waals surface area contributed by atoms with Gasteiger partial charge in [-0.15, -0.1) is 11.3 Å². The number of nitrogens with zero attached hydrogens (tertiary/aromatic N) is 2. The fourth-order valence-electron chi connectivity index (χ4n) is 4.14. The number of carboxylic acid groups (broad SMARTS) is 1. The number of carbonyl (C=O) groups is 1. The van der Waals surface area contributed by atoms with Crippen LogP contribution in [0, 0.1) is 5.92 Å². The molecule has 0 atom stereocenters.